The second kappa shape index (κ2) is 5.23. The van der Waals surface area contributed by atoms with Gasteiger partial charge in [0, 0.05) is 25.0 Å². The maximum absolute atomic E-state index is 5.58. The van der Waals surface area contributed by atoms with Crippen molar-refractivity contribution < 1.29 is 4.74 Å². The highest BCUT2D eigenvalue weighted by molar-refractivity contribution is 5.62. The molecule has 2 N–H and O–H groups in total. The lowest BCUT2D eigenvalue weighted by Gasteiger charge is -2.12. The standard InChI is InChI=1S/C14H17N3O/c1-2-13(18-9-1)10-15-12-5-3-11(4-6-12)14-7-8-16-17-14/h3-8,13,15H,1-2,9-10H2,(H,16,17). The molecule has 1 aromatic heterocycles. The maximum atomic E-state index is 5.58. The number of benzene rings is 1. The molecular formula is C14H17N3O. The van der Waals surface area contributed by atoms with Gasteiger partial charge in [-0.3, -0.25) is 5.10 Å². The monoisotopic (exact) mass is 243 g/mol. The third kappa shape index (κ3) is 2.54. The van der Waals surface area contributed by atoms with Crippen LogP contribution in [0.5, 0.6) is 0 Å². The van der Waals surface area contributed by atoms with Crippen LogP contribution in [0, 0.1) is 0 Å². The van der Waals surface area contributed by atoms with E-state index < -0.39 is 0 Å². The quantitative estimate of drug-likeness (QED) is 0.868. The Bertz CT molecular complexity index is 472. The van der Waals surface area contributed by atoms with Gasteiger partial charge in [-0.1, -0.05) is 12.1 Å². The number of nitrogens with one attached hydrogen (secondary N) is 2. The van der Waals surface area contributed by atoms with Gasteiger partial charge in [-0.15, -0.1) is 0 Å². The van der Waals surface area contributed by atoms with Crippen LogP contribution >= 0.6 is 0 Å². The van der Waals surface area contributed by atoms with E-state index >= 15 is 0 Å². The molecule has 0 spiro atoms. The van der Waals surface area contributed by atoms with Gasteiger partial charge in [0.2, 0.25) is 0 Å². The van der Waals surface area contributed by atoms with E-state index in [4.69, 9.17) is 4.74 Å². The number of hydrogen-bond acceptors (Lipinski definition) is 3. The Balaban J connectivity index is 1.60. The molecule has 1 fully saturated rings. The van der Waals surface area contributed by atoms with E-state index in [-0.39, 0.29) is 0 Å². The Kier molecular flexibility index (Phi) is 3.28. The summed E-state index contributed by atoms with van der Waals surface area (Å²) < 4.78 is 5.58. The summed E-state index contributed by atoms with van der Waals surface area (Å²) in [7, 11) is 0. The van der Waals surface area contributed by atoms with Gasteiger partial charge in [-0.2, -0.15) is 5.10 Å². The third-order valence-electron chi connectivity index (χ3n) is 3.25. The molecule has 1 aliphatic heterocycles. The van der Waals surface area contributed by atoms with Crippen LogP contribution in [0.25, 0.3) is 11.3 Å². The van der Waals surface area contributed by atoms with Crippen LogP contribution in [-0.2, 0) is 4.74 Å². The van der Waals surface area contributed by atoms with Crippen LogP contribution in [0.3, 0.4) is 0 Å². The summed E-state index contributed by atoms with van der Waals surface area (Å²) in [6.07, 6.45) is 4.49. The fourth-order valence-corrected chi connectivity index (χ4v) is 2.22. The van der Waals surface area contributed by atoms with E-state index in [0.717, 1.165) is 30.1 Å². The van der Waals surface area contributed by atoms with Crippen molar-refractivity contribution in [1.29, 1.82) is 0 Å². The minimum Gasteiger partial charge on any atom is -0.382 e. The summed E-state index contributed by atoms with van der Waals surface area (Å²) in [5, 5.41) is 10.3. The highest BCUT2D eigenvalue weighted by Crippen LogP contribution is 2.19. The highest BCUT2D eigenvalue weighted by Gasteiger charge is 2.14. The van der Waals surface area contributed by atoms with Crippen molar-refractivity contribution in [3.63, 3.8) is 0 Å². The number of aromatic nitrogens is 2. The molecule has 94 valence electrons. The molecule has 1 aliphatic rings. The molecule has 1 unspecified atom stereocenters. The van der Waals surface area contributed by atoms with E-state index in [1.54, 1.807) is 6.20 Å². The number of hydrogen-bond donors (Lipinski definition) is 2. The van der Waals surface area contributed by atoms with E-state index in [2.05, 4.69) is 39.8 Å². The van der Waals surface area contributed by atoms with Gasteiger partial charge in [0.1, 0.15) is 0 Å². The SMILES string of the molecule is c1cc(-c2ccc(NCC3CCCO3)cc2)[nH]n1. The molecule has 0 amide bonds. The second-order valence-electron chi connectivity index (χ2n) is 4.56. The number of anilines is 1. The van der Waals surface area contributed by atoms with Gasteiger partial charge in [0.15, 0.2) is 0 Å². The first-order chi connectivity index (χ1) is 8.92. The minimum absolute atomic E-state index is 0.372. The van der Waals surface area contributed by atoms with E-state index in [1.807, 2.05) is 6.07 Å². The van der Waals surface area contributed by atoms with Crippen molar-refractivity contribution in [3.05, 3.63) is 36.5 Å². The third-order valence-corrected chi connectivity index (χ3v) is 3.25. The molecule has 1 aromatic carbocycles. The topological polar surface area (TPSA) is 49.9 Å². The maximum Gasteiger partial charge on any atom is 0.0748 e. The molecule has 0 bridgehead atoms. The van der Waals surface area contributed by atoms with Crippen molar-refractivity contribution in [2.24, 2.45) is 0 Å². The van der Waals surface area contributed by atoms with Gasteiger partial charge in [-0.25, -0.2) is 0 Å². The van der Waals surface area contributed by atoms with Crippen LogP contribution < -0.4 is 5.32 Å². The first kappa shape index (κ1) is 11.3. The number of ether oxygens (including phenoxy) is 1. The highest BCUT2D eigenvalue weighted by atomic mass is 16.5. The second-order valence-corrected chi connectivity index (χ2v) is 4.56. The van der Waals surface area contributed by atoms with Crippen molar-refractivity contribution in [2.75, 3.05) is 18.5 Å². The van der Waals surface area contributed by atoms with E-state index in [0.29, 0.717) is 6.10 Å². The zero-order valence-corrected chi connectivity index (χ0v) is 10.2. The summed E-state index contributed by atoms with van der Waals surface area (Å²) in [4.78, 5) is 0. The summed E-state index contributed by atoms with van der Waals surface area (Å²) >= 11 is 0. The fraction of sp³-hybridized carbons (Fsp3) is 0.357. The largest absolute Gasteiger partial charge is 0.382 e. The molecule has 18 heavy (non-hydrogen) atoms. The Labute approximate surface area is 106 Å². The predicted molar refractivity (Wildman–Crippen MR) is 71.5 cm³/mol. The van der Waals surface area contributed by atoms with Gasteiger partial charge >= 0.3 is 0 Å². The van der Waals surface area contributed by atoms with Crippen LogP contribution in [0.2, 0.25) is 0 Å². The average molecular weight is 243 g/mol. The average Bonchev–Trinajstić information content (AvgIpc) is 3.10. The Morgan fingerprint density at radius 3 is 2.83 bits per heavy atom. The zero-order chi connectivity index (χ0) is 12.2. The molecular weight excluding hydrogens is 226 g/mol. The first-order valence-corrected chi connectivity index (χ1v) is 6.37. The Morgan fingerprint density at radius 2 is 2.17 bits per heavy atom. The van der Waals surface area contributed by atoms with Crippen molar-refractivity contribution in [1.82, 2.24) is 10.2 Å². The first-order valence-electron chi connectivity index (χ1n) is 6.37. The van der Waals surface area contributed by atoms with E-state index in [1.165, 1.54) is 12.8 Å². The van der Waals surface area contributed by atoms with Crippen LogP contribution in [0.1, 0.15) is 12.8 Å². The zero-order valence-electron chi connectivity index (χ0n) is 10.2. The normalized spacial score (nSPS) is 19.0. The molecule has 0 saturated carbocycles. The van der Waals surface area contributed by atoms with Crippen molar-refractivity contribution in [3.8, 4) is 11.3 Å². The molecule has 2 aromatic rings. The molecule has 0 radical (unpaired) electrons. The summed E-state index contributed by atoms with van der Waals surface area (Å²) in [6, 6.07) is 10.3. The van der Waals surface area contributed by atoms with Gasteiger partial charge in [0.05, 0.1) is 11.8 Å². The molecule has 3 rings (SSSR count). The number of H-pyrrole nitrogens is 1. The van der Waals surface area contributed by atoms with Gasteiger partial charge < -0.3 is 10.1 Å². The summed E-state index contributed by atoms with van der Waals surface area (Å²) in [5.74, 6) is 0. The van der Waals surface area contributed by atoms with Gasteiger partial charge in [0.25, 0.3) is 0 Å². The summed E-state index contributed by atoms with van der Waals surface area (Å²) in [6.45, 7) is 1.80. The molecule has 1 atom stereocenters. The molecule has 4 nitrogen and oxygen atoms in total. The number of aromatic amines is 1. The molecule has 0 aliphatic carbocycles. The lowest BCUT2D eigenvalue weighted by molar-refractivity contribution is 0.120. The van der Waals surface area contributed by atoms with E-state index in [9.17, 15) is 0 Å². The number of rotatable bonds is 4. The Morgan fingerprint density at radius 1 is 1.28 bits per heavy atom. The smallest absolute Gasteiger partial charge is 0.0748 e. The lowest BCUT2D eigenvalue weighted by Crippen LogP contribution is -2.18. The molecule has 1 saturated heterocycles. The van der Waals surface area contributed by atoms with Crippen LogP contribution in [-0.4, -0.2) is 29.5 Å². The molecule has 4 heteroatoms. The lowest BCUT2D eigenvalue weighted by atomic mass is 10.1. The fourth-order valence-electron chi connectivity index (χ4n) is 2.22. The van der Waals surface area contributed by atoms with Gasteiger partial charge in [-0.05, 0) is 36.6 Å². The van der Waals surface area contributed by atoms with Crippen molar-refractivity contribution >= 4 is 5.69 Å². The molecule has 2 heterocycles. The Hall–Kier alpha value is -1.81. The predicted octanol–water partition coefficient (Wildman–Crippen LogP) is 2.67. The number of nitrogens with zero attached hydrogens (tertiary/aromatic N) is 1. The van der Waals surface area contributed by atoms with Crippen molar-refractivity contribution in [2.45, 2.75) is 18.9 Å². The van der Waals surface area contributed by atoms with Crippen LogP contribution in [0.15, 0.2) is 36.5 Å². The minimum atomic E-state index is 0.372. The summed E-state index contributed by atoms with van der Waals surface area (Å²) in [5.41, 5.74) is 3.32. The van der Waals surface area contributed by atoms with Crippen LogP contribution in [0.4, 0.5) is 5.69 Å².